The normalized spacial score (nSPS) is 21.9. The van der Waals surface area contributed by atoms with Crippen molar-refractivity contribution in [1.29, 1.82) is 0 Å². The van der Waals surface area contributed by atoms with Crippen LogP contribution in [-0.2, 0) is 9.84 Å². The van der Waals surface area contributed by atoms with Gasteiger partial charge in [0.25, 0.3) is 0 Å². The molecule has 0 radical (unpaired) electrons. The van der Waals surface area contributed by atoms with Gasteiger partial charge in [-0.2, -0.15) is 5.10 Å². The molecule has 0 amide bonds. The van der Waals surface area contributed by atoms with Crippen molar-refractivity contribution in [2.45, 2.75) is 12.8 Å². The summed E-state index contributed by atoms with van der Waals surface area (Å²) in [6.45, 7) is 3.25. The van der Waals surface area contributed by atoms with Gasteiger partial charge in [0.2, 0.25) is 0 Å². The average Bonchev–Trinajstić information content (AvgIpc) is 3.10. The van der Waals surface area contributed by atoms with Gasteiger partial charge in [-0.1, -0.05) is 29.8 Å². The highest BCUT2D eigenvalue weighted by Gasteiger charge is 2.34. The minimum Gasteiger partial charge on any atom is -0.308 e. The number of aliphatic imine (C=N–C) groups is 1. The van der Waals surface area contributed by atoms with Gasteiger partial charge in [-0.25, -0.2) is 8.42 Å². The third-order valence-corrected chi connectivity index (χ3v) is 6.39. The van der Waals surface area contributed by atoms with Crippen molar-refractivity contribution >= 4 is 31.7 Å². The molecule has 0 aliphatic carbocycles. The first kappa shape index (κ1) is 14.6. The van der Waals surface area contributed by atoms with Crippen LogP contribution in [0.2, 0.25) is 0 Å². The van der Waals surface area contributed by atoms with Crippen LogP contribution in [0.1, 0.15) is 17.0 Å². The summed E-state index contributed by atoms with van der Waals surface area (Å²) in [5.41, 5.74) is 4.96. The number of thioether (sulfide) groups is 1. The van der Waals surface area contributed by atoms with Crippen LogP contribution in [0.4, 0.5) is 0 Å². The summed E-state index contributed by atoms with van der Waals surface area (Å²) in [6, 6.07) is 7.93. The molecule has 5 nitrogen and oxygen atoms in total. The molecule has 1 unspecified atom stereocenters. The number of hydrogen-bond donors (Lipinski definition) is 1. The van der Waals surface area contributed by atoms with Crippen molar-refractivity contribution in [1.82, 2.24) is 5.43 Å². The molecule has 0 aromatic heterocycles. The first-order valence-corrected chi connectivity index (χ1v) is 9.46. The number of hydrazone groups is 1. The molecule has 1 aromatic carbocycles. The lowest BCUT2D eigenvalue weighted by molar-refractivity contribution is 0.610. The molecule has 7 heteroatoms. The molecule has 1 atom stereocenters. The van der Waals surface area contributed by atoms with Crippen molar-refractivity contribution in [3.8, 4) is 0 Å². The first-order chi connectivity index (χ1) is 10.1. The molecule has 112 valence electrons. The van der Waals surface area contributed by atoms with Crippen molar-refractivity contribution < 1.29 is 8.42 Å². The zero-order valence-electron chi connectivity index (χ0n) is 11.7. The molecule has 3 rings (SSSR count). The number of hydrogen-bond acceptors (Lipinski definition) is 6. The maximum Gasteiger partial charge on any atom is 0.200 e. The predicted octanol–water partition coefficient (Wildman–Crippen LogP) is 1.56. The monoisotopic (exact) mass is 323 g/mol. The van der Waals surface area contributed by atoms with Crippen LogP contribution in [0.15, 0.2) is 34.4 Å². The van der Waals surface area contributed by atoms with E-state index in [0.29, 0.717) is 18.1 Å². The Morgan fingerprint density at radius 3 is 2.76 bits per heavy atom. The maximum atomic E-state index is 12.6. The zero-order valence-corrected chi connectivity index (χ0v) is 13.4. The molecule has 0 saturated carbocycles. The van der Waals surface area contributed by atoms with Gasteiger partial charge >= 0.3 is 0 Å². The highest BCUT2D eigenvalue weighted by Crippen LogP contribution is 2.25. The molecule has 2 aliphatic heterocycles. The van der Waals surface area contributed by atoms with E-state index < -0.39 is 9.84 Å². The third-order valence-electron chi connectivity index (χ3n) is 3.54. The lowest BCUT2D eigenvalue weighted by Gasteiger charge is -2.13. The van der Waals surface area contributed by atoms with Crippen LogP contribution in [-0.4, -0.2) is 43.1 Å². The van der Waals surface area contributed by atoms with E-state index >= 15 is 0 Å². The lowest BCUT2D eigenvalue weighted by atomic mass is 10.00. The Hall–Kier alpha value is -1.34. The Morgan fingerprint density at radius 1 is 1.33 bits per heavy atom. The number of nitrogens with one attached hydrogen (secondary N) is 1. The number of benzene rings is 1. The Kier molecular flexibility index (Phi) is 4.03. The fraction of sp³-hybridized carbons (Fsp3) is 0.429. The molecular weight excluding hydrogens is 306 g/mol. The summed E-state index contributed by atoms with van der Waals surface area (Å²) in [4.78, 5) is 4.23. The van der Waals surface area contributed by atoms with E-state index in [-0.39, 0.29) is 16.7 Å². The van der Waals surface area contributed by atoms with Crippen LogP contribution in [0.5, 0.6) is 0 Å². The van der Waals surface area contributed by atoms with Gasteiger partial charge in [0.15, 0.2) is 14.9 Å². The van der Waals surface area contributed by atoms with E-state index in [2.05, 4.69) is 15.5 Å². The van der Waals surface area contributed by atoms with Gasteiger partial charge in [0.05, 0.1) is 11.0 Å². The fourth-order valence-corrected chi connectivity index (χ4v) is 5.25. The number of nitrogens with zero attached hydrogens (tertiary/aromatic N) is 2. The first-order valence-electron chi connectivity index (χ1n) is 6.82. The summed E-state index contributed by atoms with van der Waals surface area (Å²) in [7, 11) is -3.41. The summed E-state index contributed by atoms with van der Waals surface area (Å²) >= 11 is 1.52. The second kappa shape index (κ2) is 5.81. The van der Waals surface area contributed by atoms with Gasteiger partial charge in [0.1, 0.15) is 5.75 Å². The zero-order chi connectivity index (χ0) is 14.9. The van der Waals surface area contributed by atoms with Gasteiger partial charge < -0.3 is 5.43 Å². The molecule has 0 spiro atoms. The fourth-order valence-electron chi connectivity index (χ4n) is 2.43. The van der Waals surface area contributed by atoms with Crippen molar-refractivity contribution in [2.75, 3.05) is 24.6 Å². The van der Waals surface area contributed by atoms with Crippen LogP contribution in [0, 0.1) is 6.92 Å². The molecule has 21 heavy (non-hydrogen) atoms. The molecule has 0 saturated heterocycles. The molecule has 2 aliphatic rings. The molecular formula is C14H17N3O2S2. The summed E-state index contributed by atoms with van der Waals surface area (Å²) in [6.07, 6.45) is 0. The van der Waals surface area contributed by atoms with Crippen molar-refractivity contribution in [3.63, 3.8) is 0 Å². The van der Waals surface area contributed by atoms with Crippen LogP contribution in [0.25, 0.3) is 0 Å². The third kappa shape index (κ3) is 3.13. The molecule has 1 N–H and O–H groups in total. The number of aryl methyl sites for hydroxylation is 1. The Bertz CT molecular complexity index is 693. The average molecular weight is 323 g/mol. The van der Waals surface area contributed by atoms with E-state index in [4.69, 9.17) is 0 Å². The second-order valence-corrected chi connectivity index (χ2v) is 8.26. The van der Waals surface area contributed by atoms with E-state index in [1.807, 2.05) is 31.2 Å². The smallest absolute Gasteiger partial charge is 0.200 e. The highest BCUT2D eigenvalue weighted by molar-refractivity contribution is 8.17. The van der Waals surface area contributed by atoms with Crippen LogP contribution >= 0.6 is 11.8 Å². The predicted molar refractivity (Wildman–Crippen MR) is 87.9 cm³/mol. The van der Waals surface area contributed by atoms with Gasteiger partial charge in [-0.3, -0.25) is 4.99 Å². The van der Waals surface area contributed by atoms with Gasteiger partial charge in [0, 0.05) is 18.8 Å². The van der Waals surface area contributed by atoms with Crippen LogP contribution < -0.4 is 5.43 Å². The van der Waals surface area contributed by atoms with E-state index in [1.54, 1.807) is 0 Å². The summed E-state index contributed by atoms with van der Waals surface area (Å²) in [5, 5.41) is 4.98. The highest BCUT2D eigenvalue weighted by atomic mass is 32.2. The molecule has 1 aromatic rings. The Balaban J connectivity index is 1.84. The van der Waals surface area contributed by atoms with Gasteiger partial charge in [-0.15, -0.1) is 11.8 Å². The van der Waals surface area contributed by atoms with Crippen molar-refractivity contribution in [2.24, 2.45) is 10.1 Å². The van der Waals surface area contributed by atoms with Crippen LogP contribution in [0.3, 0.4) is 0 Å². The number of sulfone groups is 1. The quantitative estimate of drug-likeness (QED) is 0.916. The Morgan fingerprint density at radius 2 is 2.10 bits per heavy atom. The largest absolute Gasteiger partial charge is 0.308 e. The van der Waals surface area contributed by atoms with Gasteiger partial charge in [-0.05, 0) is 12.5 Å². The summed E-state index contributed by atoms with van der Waals surface area (Å²) in [5.74, 6) is 0.639. The van der Waals surface area contributed by atoms with E-state index in [1.165, 1.54) is 11.8 Å². The lowest BCUT2D eigenvalue weighted by Crippen LogP contribution is -2.26. The topological polar surface area (TPSA) is 70.9 Å². The second-order valence-electron chi connectivity index (χ2n) is 5.16. The molecule has 0 fully saturated rings. The minimum atomic E-state index is -3.41. The Labute approximate surface area is 128 Å². The summed E-state index contributed by atoms with van der Waals surface area (Å²) < 4.78 is 25.1. The minimum absolute atomic E-state index is 0.0272. The van der Waals surface area contributed by atoms with Crippen molar-refractivity contribution in [3.05, 3.63) is 35.4 Å². The van der Waals surface area contributed by atoms with E-state index in [0.717, 1.165) is 16.9 Å². The van der Waals surface area contributed by atoms with E-state index in [9.17, 15) is 8.42 Å². The number of rotatable bonds is 3. The maximum absolute atomic E-state index is 12.6. The molecule has 0 bridgehead atoms. The molecule has 2 heterocycles. The standard InChI is InChI=1S/C14H17N3O2S2/c1-10-2-4-11(5-3-10)12-8-16-17-14(12)21(18,19)9-13-15-6-7-20-13/h2-5,12,16H,6-9H2,1H3. The SMILES string of the molecule is Cc1ccc(C2CNN=C2S(=O)(=O)CC2=NCCS2)cc1.